The molecule has 24 heavy (non-hydrogen) atoms. The van der Waals surface area contributed by atoms with Crippen molar-refractivity contribution in [2.24, 2.45) is 0 Å². The molecule has 132 valence electrons. The number of carboxylic acids is 1. The molecule has 1 fully saturated rings. The molecule has 1 aromatic rings. The van der Waals surface area contributed by atoms with E-state index in [-0.39, 0.29) is 22.9 Å². The second kappa shape index (κ2) is 7.76. The van der Waals surface area contributed by atoms with Gasteiger partial charge in [-0.05, 0) is 31.4 Å². The molecular weight excluding hydrogens is 332 g/mol. The van der Waals surface area contributed by atoms with E-state index in [1.165, 1.54) is 16.4 Å². The fraction of sp³-hybridized carbons (Fsp3) is 0.500. The van der Waals surface area contributed by atoms with E-state index in [1.807, 2.05) is 6.92 Å². The monoisotopic (exact) mass is 354 g/mol. The fourth-order valence-corrected chi connectivity index (χ4v) is 4.34. The van der Waals surface area contributed by atoms with Crippen molar-refractivity contribution in [1.29, 1.82) is 0 Å². The van der Waals surface area contributed by atoms with E-state index in [9.17, 15) is 18.0 Å². The summed E-state index contributed by atoms with van der Waals surface area (Å²) in [5.74, 6) is -1.46. The van der Waals surface area contributed by atoms with Gasteiger partial charge in [0, 0.05) is 19.1 Å². The van der Waals surface area contributed by atoms with E-state index < -0.39 is 21.9 Å². The normalized spacial score (nSPS) is 16.7. The van der Waals surface area contributed by atoms with E-state index >= 15 is 0 Å². The van der Waals surface area contributed by atoms with Crippen LogP contribution in [0.3, 0.4) is 0 Å². The maximum Gasteiger partial charge on any atom is 0.336 e. The van der Waals surface area contributed by atoms with Crippen LogP contribution in [0, 0.1) is 0 Å². The number of carboxylic acid groups (broad SMARTS) is 1. The highest BCUT2D eigenvalue weighted by atomic mass is 32.2. The molecule has 1 aliphatic heterocycles. The lowest BCUT2D eigenvalue weighted by atomic mass is 10.0. The smallest absolute Gasteiger partial charge is 0.336 e. The molecule has 0 unspecified atom stereocenters. The van der Waals surface area contributed by atoms with Crippen molar-refractivity contribution in [3.8, 4) is 0 Å². The van der Waals surface area contributed by atoms with Crippen molar-refractivity contribution in [3.63, 3.8) is 0 Å². The Labute approximate surface area is 141 Å². The molecule has 0 spiro atoms. The third-order valence-electron chi connectivity index (χ3n) is 4.05. The van der Waals surface area contributed by atoms with Crippen LogP contribution in [0.5, 0.6) is 0 Å². The quantitative estimate of drug-likeness (QED) is 0.802. The standard InChI is InChI=1S/C16H22N2O5S/c1-2-11-24(22,23)18-9-7-12(8-10-18)17-15(19)13-5-3-4-6-14(13)16(20)21/h3-6,12H,2,7-11H2,1H3,(H,17,19)(H,20,21). The van der Waals surface area contributed by atoms with Crippen LogP contribution in [0.25, 0.3) is 0 Å². The van der Waals surface area contributed by atoms with Gasteiger partial charge < -0.3 is 10.4 Å². The molecule has 0 saturated carbocycles. The predicted molar refractivity (Wildman–Crippen MR) is 89.5 cm³/mol. The number of carbonyl (C=O) groups is 2. The summed E-state index contributed by atoms with van der Waals surface area (Å²) < 4.78 is 25.5. The lowest BCUT2D eigenvalue weighted by Crippen LogP contribution is -2.47. The second-order valence-corrected chi connectivity index (χ2v) is 7.90. The molecule has 0 radical (unpaired) electrons. The van der Waals surface area contributed by atoms with Crippen molar-refractivity contribution in [3.05, 3.63) is 35.4 Å². The summed E-state index contributed by atoms with van der Waals surface area (Å²) >= 11 is 0. The number of carbonyl (C=O) groups excluding carboxylic acids is 1. The zero-order valence-corrected chi connectivity index (χ0v) is 14.4. The second-order valence-electron chi connectivity index (χ2n) is 5.81. The van der Waals surface area contributed by atoms with Crippen molar-refractivity contribution in [2.45, 2.75) is 32.2 Å². The maximum atomic E-state index is 12.3. The average Bonchev–Trinajstić information content (AvgIpc) is 2.55. The van der Waals surface area contributed by atoms with Gasteiger partial charge in [-0.15, -0.1) is 0 Å². The van der Waals surface area contributed by atoms with Crippen molar-refractivity contribution < 1.29 is 23.1 Å². The number of aromatic carboxylic acids is 1. The van der Waals surface area contributed by atoms with Gasteiger partial charge in [0.05, 0.1) is 16.9 Å². The molecular formula is C16H22N2O5S. The summed E-state index contributed by atoms with van der Waals surface area (Å²) in [5.41, 5.74) is 0.0731. The van der Waals surface area contributed by atoms with Crippen LogP contribution in [0.1, 0.15) is 46.9 Å². The van der Waals surface area contributed by atoms with Gasteiger partial charge in [0.15, 0.2) is 0 Å². The van der Waals surface area contributed by atoms with Crippen molar-refractivity contribution in [1.82, 2.24) is 9.62 Å². The lowest BCUT2D eigenvalue weighted by Gasteiger charge is -2.31. The van der Waals surface area contributed by atoms with Gasteiger partial charge in [-0.3, -0.25) is 4.79 Å². The first-order chi connectivity index (χ1) is 11.3. The Kier molecular flexibility index (Phi) is 5.95. The van der Waals surface area contributed by atoms with Crippen LogP contribution in [-0.2, 0) is 10.0 Å². The Morgan fingerprint density at radius 1 is 1.21 bits per heavy atom. The molecule has 7 nitrogen and oxygen atoms in total. The molecule has 0 atom stereocenters. The zero-order chi connectivity index (χ0) is 17.7. The Morgan fingerprint density at radius 2 is 1.79 bits per heavy atom. The Balaban J connectivity index is 1.97. The van der Waals surface area contributed by atoms with Gasteiger partial charge in [-0.2, -0.15) is 0 Å². The SMILES string of the molecule is CCCS(=O)(=O)N1CCC(NC(=O)c2ccccc2C(=O)O)CC1. The summed E-state index contributed by atoms with van der Waals surface area (Å²) in [7, 11) is -3.21. The molecule has 1 aromatic carbocycles. The van der Waals surface area contributed by atoms with Gasteiger partial charge in [0.2, 0.25) is 10.0 Å². The van der Waals surface area contributed by atoms with E-state index in [0.29, 0.717) is 32.4 Å². The zero-order valence-electron chi connectivity index (χ0n) is 13.6. The van der Waals surface area contributed by atoms with Crippen LogP contribution in [0.15, 0.2) is 24.3 Å². The number of benzene rings is 1. The Bertz CT molecular complexity index is 709. The first kappa shape index (κ1) is 18.4. The van der Waals surface area contributed by atoms with Gasteiger partial charge in [-0.1, -0.05) is 19.1 Å². The average molecular weight is 354 g/mol. The van der Waals surface area contributed by atoms with Crippen LogP contribution in [0.2, 0.25) is 0 Å². The van der Waals surface area contributed by atoms with E-state index in [0.717, 1.165) is 0 Å². The minimum Gasteiger partial charge on any atom is -0.478 e. The predicted octanol–water partition coefficient (Wildman–Crippen LogP) is 1.32. The van der Waals surface area contributed by atoms with Gasteiger partial charge in [0.1, 0.15) is 0 Å². The number of sulfonamides is 1. The molecule has 1 saturated heterocycles. The maximum absolute atomic E-state index is 12.3. The number of amides is 1. The van der Waals surface area contributed by atoms with Crippen LogP contribution < -0.4 is 5.32 Å². The third-order valence-corrected chi connectivity index (χ3v) is 6.12. The number of piperidine rings is 1. The molecule has 0 aromatic heterocycles. The molecule has 2 N–H and O–H groups in total. The molecule has 0 aliphatic carbocycles. The van der Waals surface area contributed by atoms with E-state index in [4.69, 9.17) is 5.11 Å². The van der Waals surface area contributed by atoms with E-state index in [2.05, 4.69) is 5.32 Å². The van der Waals surface area contributed by atoms with Gasteiger partial charge in [-0.25, -0.2) is 17.5 Å². The van der Waals surface area contributed by atoms with Crippen LogP contribution in [0.4, 0.5) is 0 Å². The third kappa shape index (κ3) is 4.33. The highest BCUT2D eigenvalue weighted by Gasteiger charge is 2.28. The largest absolute Gasteiger partial charge is 0.478 e. The van der Waals surface area contributed by atoms with Gasteiger partial charge >= 0.3 is 5.97 Å². The number of hydrogen-bond donors (Lipinski definition) is 2. The lowest BCUT2D eigenvalue weighted by molar-refractivity contribution is 0.0690. The first-order valence-electron chi connectivity index (χ1n) is 7.96. The number of nitrogens with zero attached hydrogens (tertiary/aromatic N) is 1. The van der Waals surface area contributed by atoms with Crippen molar-refractivity contribution in [2.75, 3.05) is 18.8 Å². The van der Waals surface area contributed by atoms with Crippen molar-refractivity contribution >= 4 is 21.9 Å². The van der Waals surface area contributed by atoms with Crippen LogP contribution >= 0.6 is 0 Å². The minimum absolute atomic E-state index is 0.0436. The minimum atomic E-state index is -3.21. The molecule has 1 aliphatic rings. The Hall–Kier alpha value is -1.93. The molecule has 1 heterocycles. The molecule has 2 rings (SSSR count). The first-order valence-corrected chi connectivity index (χ1v) is 9.57. The molecule has 8 heteroatoms. The fourth-order valence-electron chi connectivity index (χ4n) is 2.80. The van der Waals surface area contributed by atoms with E-state index in [1.54, 1.807) is 12.1 Å². The summed E-state index contributed by atoms with van der Waals surface area (Å²) in [6.07, 6.45) is 1.61. The Morgan fingerprint density at radius 3 is 2.33 bits per heavy atom. The summed E-state index contributed by atoms with van der Waals surface area (Å²) in [6.45, 7) is 2.56. The number of rotatable bonds is 6. The molecule has 0 bridgehead atoms. The summed E-state index contributed by atoms with van der Waals surface area (Å²) in [5, 5.41) is 12.0. The molecule has 1 amide bonds. The van der Waals surface area contributed by atoms with Gasteiger partial charge in [0.25, 0.3) is 5.91 Å². The topological polar surface area (TPSA) is 104 Å². The highest BCUT2D eigenvalue weighted by Crippen LogP contribution is 2.16. The highest BCUT2D eigenvalue weighted by molar-refractivity contribution is 7.89. The summed E-state index contributed by atoms with van der Waals surface area (Å²) in [6, 6.07) is 5.88. The van der Waals surface area contributed by atoms with Crippen LogP contribution in [-0.4, -0.2) is 54.6 Å². The number of hydrogen-bond acceptors (Lipinski definition) is 4. The summed E-state index contributed by atoms with van der Waals surface area (Å²) in [4.78, 5) is 23.5. The number of nitrogens with one attached hydrogen (secondary N) is 1.